The van der Waals surface area contributed by atoms with Gasteiger partial charge in [0.1, 0.15) is 5.52 Å². The maximum atomic E-state index is 12.6. The van der Waals surface area contributed by atoms with Crippen molar-refractivity contribution >= 4 is 40.0 Å². The highest BCUT2D eigenvalue weighted by molar-refractivity contribution is 7.80. The van der Waals surface area contributed by atoms with Crippen LogP contribution in [0.5, 0.6) is 0 Å². The van der Waals surface area contributed by atoms with Gasteiger partial charge in [-0.1, -0.05) is 50.1 Å². The number of carbonyl (C=O) groups excluding carboxylic acids is 1. The largest absolute Gasteiger partial charge is 0.436 e. The van der Waals surface area contributed by atoms with Gasteiger partial charge in [0.25, 0.3) is 5.91 Å². The zero-order valence-corrected chi connectivity index (χ0v) is 20.3. The van der Waals surface area contributed by atoms with Crippen LogP contribution in [0.3, 0.4) is 0 Å². The number of aryl methyl sites for hydroxylation is 2. The summed E-state index contributed by atoms with van der Waals surface area (Å²) in [7, 11) is 0. The number of amides is 1. The molecule has 0 saturated carbocycles. The van der Waals surface area contributed by atoms with Gasteiger partial charge in [-0.3, -0.25) is 10.1 Å². The average Bonchev–Trinajstić information content (AvgIpc) is 3.16. The summed E-state index contributed by atoms with van der Waals surface area (Å²) in [6, 6.07) is 19.3. The highest BCUT2D eigenvalue weighted by atomic mass is 32.1. The van der Waals surface area contributed by atoms with Crippen molar-refractivity contribution in [3.63, 3.8) is 0 Å². The third-order valence-electron chi connectivity index (χ3n) is 5.35. The van der Waals surface area contributed by atoms with Crippen molar-refractivity contribution in [2.75, 3.05) is 5.32 Å². The highest BCUT2D eigenvalue weighted by Gasteiger charge is 2.15. The summed E-state index contributed by atoms with van der Waals surface area (Å²) in [5, 5.41) is 6.01. The average molecular weight is 458 g/mol. The number of hydrogen-bond acceptors (Lipinski definition) is 4. The molecule has 0 unspecified atom stereocenters. The topological polar surface area (TPSA) is 67.2 Å². The number of benzene rings is 3. The summed E-state index contributed by atoms with van der Waals surface area (Å²) in [6.45, 7) is 10.5. The number of oxazole rings is 1. The molecule has 4 rings (SSSR count). The van der Waals surface area contributed by atoms with E-state index in [2.05, 4.69) is 68.4 Å². The lowest BCUT2D eigenvalue weighted by Crippen LogP contribution is -2.34. The van der Waals surface area contributed by atoms with E-state index in [9.17, 15) is 4.79 Å². The van der Waals surface area contributed by atoms with E-state index in [1.807, 2.05) is 42.5 Å². The van der Waals surface area contributed by atoms with Crippen LogP contribution in [0, 0.1) is 13.8 Å². The molecule has 1 aromatic heterocycles. The molecule has 0 aliphatic rings. The van der Waals surface area contributed by atoms with Crippen LogP contribution in [-0.4, -0.2) is 16.0 Å². The van der Waals surface area contributed by atoms with Crippen LogP contribution in [0.1, 0.15) is 47.8 Å². The third kappa shape index (κ3) is 5.29. The Labute approximate surface area is 199 Å². The van der Waals surface area contributed by atoms with E-state index in [1.165, 1.54) is 5.56 Å². The number of rotatable bonds is 3. The fraction of sp³-hybridized carbons (Fsp3) is 0.222. The monoisotopic (exact) mass is 457 g/mol. The van der Waals surface area contributed by atoms with Crippen LogP contribution in [0.25, 0.3) is 22.6 Å². The Morgan fingerprint density at radius 2 is 1.61 bits per heavy atom. The predicted molar refractivity (Wildman–Crippen MR) is 138 cm³/mol. The summed E-state index contributed by atoms with van der Waals surface area (Å²) in [5.74, 6) is 0.316. The molecule has 0 radical (unpaired) electrons. The van der Waals surface area contributed by atoms with Crippen molar-refractivity contribution in [2.24, 2.45) is 0 Å². The van der Waals surface area contributed by atoms with Gasteiger partial charge in [-0.25, -0.2) is 4.98 Å². The van der Waals surface area contributed by atoms with Gasteiger partial charge in [0.15, 0.2) is 10.7 Å². The SMILES string of the molecule is Cc1cc(C)cc(-c2nc3cc(NC(=S)NC(=O)c4ccc(C(C)(C)C)cc4)ccc3o2)c1. The maximum absolute atomic E-state index is 12.6. The second-order valence-electron chi connectivity index (χ2n) is 9.31. The first kappa shape index (κ1) is 22.7. The van der Waals surface area contributed by atoms with E-state index < -0.39 is 0 Å². The van der Waals surface area contributed by atoms with Crippen molar-refractivity contribution in [1.29, 1.82) is 0 Å². The molecule has 0 aliphatic carbocycles. The summed E-state index contributed by atoms with van der Waals surface area (Å²) < 4.78 is 5.94. The van der Waals surface area contributed by atoms with E-state index in [1.54, 1.807) is 0 Å². The van der Waals surface area contributed by atoms with Crippen molar-refractivity contribution in [3.8, 4) is 11.5 Å². The molecular weight excluding hydrogens is 430 g/mol. The number of aromatic nitrogens is 1. The van der Waals surface area contributed by atoms with Gasteiger partial charge in [-0.05, 0) is 79.5 Å². The quantitative estimate of drug-likeness (QED) is 0.342. The van der Waals surface area contributed by atoms with Crippen LogP contribution in [0.2, 0.25) is 0 Å². The Morgan fingerprint density at radius 3 is 2.24 bits per heavy atom. The van der Waals surface area contributed by atoms with Gasteiger partial charge in [0.05, 0.1) is 0 Å². The van der Waals surface area contributed by atoms with Gasteiger partial charge in [0.2, 0.25) is 5.89 Å². The molecule has 6 heteroatoms. The van der Waals surface area contributed by atoms with Crippen molar-refractivity contribution in [3.05, 3.63) is 82.9 Å². The molecule has 168 valence electrons. The van der Waals surface area contributed by atoms with E-state index in [0.29, 0.717) is 22.6 Å². The molecule has 0 fully saturated rings. The molecule has 3 aromatic carbocycles. The first-order valence-electron chi connectivity index (χ1n) is 10.8. The summed E-state index contributed by atoms with van der Waals surface area (Å²) >= 11 is 5.34. The Bertz CT molecular complexity index is 1330. The van der Waals surface area contributed by atoms with E-state index in [-0.39, 0.29) is 16.4 Å². The standard InChI is InChI=1S/C27H27N3O2S/c1-16-12-17(2)14-19(13-16)25-29-22-15-21(10-11-23(22)32-25)28-26(33)30-24(31)18-6-8-20(9-7-18)27(3,4)5/h6-15H,1-5H3,(H2,28,30,31,33). The van der Waals surface area contributed by atoms with Gasteiger partial charge >= 0.3 is 0 Å². The van der Waals surface area contributed by atoms with Crippen molar-refractivity contribution < 1.29 is 9.21 Å². The maximum Gasteiger partial charge on any atom is 0.257 e. The molecule has 1 amide bonds. The minimum absolute atomic E-state index is 0.0314. The number of anilines is 1. The smallest absolute Gasteiger partial charge is 0.257 e. The fourth-order valence-electron chi connectivity index (χ4n) is 3.69. The molecule has 0 atom stereocenters. The number of nitrogens with one attached hydrogen (secondary N) is 2. The summed E-state index contributed by atoms with van der Waals surface area (Å²) in [6.07, 6.45) is 0. The predicted octanol–water partition coefficient (Wildman–Crippen LogP) is 6.54. The van der Waals surface area contributed by atoms with Gasteiger partial charge in [0, 0.05) is 16.8 Å². The third-order valence-corrected chi connectivity index (χ3v) is 5.56. The van der Waals surface area contributed by atoms with Gasteiger partial charge < -0.3 is 9.73 Å². The second kappa shape index (κ2) is 8.79. The number of thiocarbonyl (C=S) groups is 1. The molecule has 0 bridgehead atoms. The minimum atomic E-state index is -0.257. The lowest BCUT2D eigenvalue weighted by atomic mass is 9.87. The summed E-state index contributed by atoms with van der Waals surface area (Å²) in [4.78, 5) is 17.2. The Kier molecular flexibility index (Phi) is 6.04. The zero-order valence-electron chi connectivity index (χ0n) is 19.4. The lowest BCUT2D eigenvalue weighted by molar-refractivity contribution is 0.0977. The van der Waals surface area contributed by atoms with Gasteiger partial charge in [-0.15, -0.1) is 0 Å². The lowest BCUT2D eigenvalue weighted by Gasteiger charge is -2.19. The molecule has 2 N–H and O–H groups in total. The zero-order chi connectivity index (χ0) is 23.8. The molecule has 1 heterocycles. The molecular formula is C27H27N3O2S. The number of fused-ring (bicyclic) bond motifs is 1. The minimum Gasteiger partial charge on any atom is -0.436 e. The molecule has 0 aliphatic heterocycles. The van der Waals surface area contributed by atoms with Crippen molar-refractivity contribution in [1.82, 2.24) is 10.3 Å². The Morgan fingerprint density at radius 1 is 0.939 bits per heavy atom. The first-order chi connectivity index (χ1) is 15.6. The van der Waals surface area contributed by atoms with Crippen LogP contribution >= 0.6 is 12.2 Å². The van der Waals surface area contributed by atoms with Crippen molar-refractivity contribution in [2.45, 2.75) is 40.0 Å². The molecule has 0 spiro atoms. The Hall–Kier alpha value is -3.51. The summed E-state index contributed by atoms with van der Waals surface area (Å²) in [5.41, 5.74) is 7.12. The number of carbonyl (C=O) groups is 1. The molecule has 33 heavy (non-hydrogen) atoms. The van der Waals surface area contributed by atoms with E-state index in [0.717, 1.165) is 22.4 Å². The molecule has 4 aromatic rings. The molecule has 0 saturated heterocycles. The van der Waals surface area contributed by atoms with Gasteiger partial charge in [-0.2, -0.15) is 0 Å². The molecule has 5 nitrogen and oxygen atoms in total. The van der Waals surface area contributed by atoms with Crippen LogP contribution < -0.4 is 10.6 Å². The second-order valence-corrected chi connectivity index (χ2v) is 9.72. The van der Waals surface area contributed by atoms with E-state index in [4.69, 9.17) is 16.6 Å². The van der Waals surface area contributed by atoms with E-state index >= 15 is 0 Å². The van der Waals surface area contributed by atoms with Crippen LogP contribution in [0.15, 0.2) is 65.1 Å². The normalized spacial score (nSPS) is 11.4. The number of hydrogen-bond donors (Lipinski definition) is 2. The first-order valence-corrected chi connectivity index (χ1v) is 11.2. The highest BCUT2D eigenvalue weighted by Crippen LogP contribution is 2.27. The number of nitrogens with zero attached hydrogens (tertiary/aromatic N) is 1. The van der Waals surface area contributed by atoms with Crippen LogP contribution in [0.4, 0.5) is 5.69 Å². The fourth-order valence-corrected chi connectivity index (χ4v) is 3.90. The Balaban J connectivity index is 1.46. The van der Waals surface area contributed by atoms with Crippen LogP contribution in [-0.2, 0) is 5.41 Å².